The summed E-state index contributed by atoms with van der Waals surface area (Å²) < 4.78 is 0. The van der Waals surface area contributed by atoms with E-state index in [1.165, 1.54) is 0 Å². The highest BCUT2D eigenvalue weighted by Crippen LogP contribution is 2.23. The van der Waals surface area contributed by atoms with Gasteiger partial charge in [0.2, 0.25) is 0 Å². The number of nitrogens with one attached hydrogen (secondary N) is 1. The monoisotopic (exact) mass is 259 g/mol. The molecule has 2 rings (SSSR count). The minimum atomic E-state index is 0.381. The molecule has 0 amide bonds. The maximum atomic E-state index is 8.62. The van der Waals surface area contributed by atoms with Crippen LogP contribution in [0.4, 0.5) is 5.69 Å². The summed E-state index contributed by atoms with van der Waals surface area (Å²) in [5, 5.41) is 12.9. The summed E-state index contributed by atoms with van der Waals surface area (Å²) in [6.45, 7) is 4.39. The number of amidine groups is 1. The third kappa shape index (κ3) is 3.27. The molecule has 18 heavy (non-hydrogen) atoms. The smallest absolute Gasteiger partial charge is 0.161 e. The van der Waals surface area contributed by atoms with Gasteiger partial charge in [-0.2, -0.15) is 5.26 Å². The lowest BCUT2D eigenvalue weighted by atomic mass is 10.1. The van der Waals surface area contributed by atoms with E-state index < -0.39 is 0 Å². The molecule has 1 N–H and O–H groups in total. The summed E-state index contributed by atoms with van der Waals surface area (Å²) in [4.78, 5) is 4.63. The standard InChI is InChI=1S/C14H17N3S/c1-10-9-18-14(16-11(10)2)17-13-5-3-12(4-6-13)7-8-15/h3-6,10-11H,7,9H2,1-2H3,(H,16,17). The Bertz CT molecular complexity index is 473. The van der Waals surface area contributed by atoms with Crippen molar-refractivity contribution in [3.05, 3.63) is 29.8 Å². The number of rotatable bonds is 2. The number of anilines is 1. The van der Waals surface area contributed by atoms with Gasteiger partial charge in [-0.25, -0.2) is 0 Å². The molecule has 1 aliphatic heterocycles. The minimum Gasteiger partial charge on any atom is -0.335 e. The Hall–Kier alpha value is -1.47. The predicted molar refractivity (Wildman–Crippen MR) is 77.9 cm³/mol. The van der Waals surface area contributed by atoms with E-state index in [-0.39, 0.29) is 0 Å². The van der Waals surface area contributed by atoms with Crippen LogP contribution in [-0.2, 0) is 6.42 Å². The molecule has 0 saturated carbocycles. The van der Waals surface area contributed by atoms with Crippen molar-refractivity contribution in [3.8, 4) is 6.07 Å². The van der Waals surface area contributed by atoms with Gasteiger partial charge in [0.1, 0.15) is 0 Å². The van der Waals surface area contributed by atoms with Crippen LogP contribution in [0.15, 0.2) is 29.3 Å². The average Bonchev–Trinajstić information content (AvgIpc) is 2.37. The Balaban J connectivity index is 2.02. The van der Waals surface area contributed by atoms with Crippen LogP contribution in [0.3, 0.4) is 0 Å². The molecule has 94 valence electrons. The molecule has 1 aromatic carbocycles. The molecular weight excluding hydrogens is 242 g/mol. The van der Waals surface area contributed by atoms with Crippen LogP contribution in [0.1, 0.15) is 19.4 Å². The van der Waals surface area contributed by atoms with Gasteiger partial charge in [0.25, 0.3) is 0 Å². The molecule has 2 atom stereocenters. The van der Waals surface area contributed by atoms with Gasteiger partial charge in [0.05, 0.1) is 18.5 Å². The van der Waals surface area contributed by atoms with Crippen molar-refractivity contribution >= 4 is 22.6 Å². The van der Waals surface area contributed by atoms with Crippen LogP contribution in [-0.4, -0.2) is 17.0 Å². The molecular formula is C14H17N3S. The molecule has 0 aliphatic carbocycles. The normalized spacial score (nSPS) is 23.1. The van der Waals surface area contributed by atoms with Crippen LogP contribution in [0, 0.1) is 17.2 Å². The average molecular weight is 259 g/mol. The fraction of sp³-hybridized carbons (Fsp3) is 0.429. The summed E-state index contributed by atoms with van der Waals surface area (Å²) in [5.74, 6) is 1.75. The lowest BCUT2D eigenvalue weighted by Crippen LogP contribution is -2.25. The molecule has 4 heteroatoms. The van der Waals surface area contributed by atoms with E-state index in [0.717, 1.165) is 22.2 Å². The van der Waals surface area contributed by atoms with Crippen molar-refractivity contribution in [1.82, 2.24) is 0 Å². The molecule has 1 aromatic rings. The van der Waals surface area contributed by atoms with Gasteiger partial charge in [-0.3, -0.25) is 4.99 Å². The number of hydrogen-bond donors (Lipinski definition) is 1. The summed E-state index contributed by atoms with van der Waals surface area (Å²) in [5.41, 5.74) is 2.08. The fourth-order valence-corrected chi connectivity index (χ4v) is 2.82. The van der Waals surface area contributed by atoms with E-state index in [2.05, 4.69) is 30.2 Å². The summed E-state index contributed by atoms with van der Waals surface area (Å²) in [6, 6.07) is 10.5. The van der Waals surface area contributed by atoms with Crippen molar-refractivity contribution in [2.75, 3.05) is 11.1 Å². The van der Waals surface area contributed by atoms with Gasteiger partial charge in [-0.1, -0.05) is 30.8 Å². The van der Waals surface area contributed by atoms with Crippen molar-refractivity contribution in [2.45, 2.75) is 26.3 Å². The molecule has 1 heterocycles. The second-order valence-electron chi connectivity index (χ2n) is 4.62. The Labute approximate surface area is 112 Å². The number of benzene rings is 1. The van der Waals surface area contributed by atoms with Gasteiger partial charge < -0.3 is 5.32 Å². The summed E-state index contributed by atoms with van der Waals surface area (Å²) in [7, 11) is 0. The molecule has 1 aliphatic rings. The van der Waals surface area contributed by atoms with E-state index in [0.29, 0.717) is 18.4 Å². The molecule has 0 aromatic heterocycles. The Morgan fingerprint density at radius 3 is 2.72 bits per heavy atom. The lowest BCUT2D eigenvalue weighted by molar-refractivity contribution is 0.537. The van der Waals surface area contributed by atoms with Crippen LogP contribution < -0.4 is 5.32 Å². The van der Waals surface area contributed by atoms with Gasteiger partial charge in [-0.15, -0.1) is 0 Å². The third-order valence-electron chi connectivity index (χ3n) is 3.12. The quantitative estimate of drug-likeness (QED) is 0.886. The maximum absolute atomic E-state index is 8.62. The predicted octanol–water partition coefficient (Wildman–Crippen LogP) is 3.29. The van der Waals surface area contributed by atoms with Crippen molar-refractivity contribution in [3.63, 3.8) is 0 Å². The molecule has 3 nitrogen and oxygen atoms in total. The van der Waals surface area contributed by atoms with E-state index in [1.54, 1.807) is 11.8 Å². The second kappa shape index (κ2) is 5.92. The highest BCUT2D eigenvalue weighted by atomic mass is 32.2. The molecule has 0 fully saturated rings. The van der Waals surface area contributed by atoms with Crippen molar-refractivity contribution in [1.29, 1.82) is 5.26 Å². The zero-order chi connectivity index (χ0) is 13.0. The number of thioether (sulfide) groups is 1. The Kier molecular flexibility index (Phi) is 4.27. The van der Waals surface area contributed by atoms with Crippen molar-refractivity contribution < 1.29 is 0 Å². The molecule has 0 saturated heterocycles. The lowest BCUT2D eigenvalue weighted by Gasteiger charge is -2.23. The molecule has 0 bridgehead atoms. The topological polar surface area (TPSA) is 48.2 Å². The Morgan fingerprint density at radius 2 is 2.11 bits per heavy atom. The zero-order valence-corrected chi connectivity index (χ0v) is 11.5. The summed E-state index contributed by atoms with van der Waals surface area (Å²) in [6.07, 6.45) is 0.463. The second-order valence-corrected chi connectivity index (χ2v) is 5.63. The number of nitriles is 1. The van der Waals surface area contributed by atoms with Gasteiger partial charge in [-0.05, 0) is 30.5 Å². The number of hydrogen-bond acceptors (Lipinski definition) is 4. The van der Waals surface area contributed by atoms with E-state index in [4.69, 9.17) is 5.26 Å². The highest BCUT2D eigenvalue weighted by molar-refractivity contribution is 8.14. The van der Waals surface area contributed by atoms with Crippen LogP contribution in [0.25, 0.3) is 0 Å². The van der Waals surface area contributed by atoms with Crippen LogP contribution >= 0.6 is 11.8 Å². The van der Waals surface area contributed by atoms with Crippen molar-refractivity contribution in [2.24, 2.45) is 10.9 Å². The largest absolute Gasteiger partial charge is 0.335 e. The SMILES string of the molecule is CC1CSC(Nc2ccc(CC#N)cc2)=NC1C. The first-order valence-electron chi connectivity index (χ1n) is 6.12. The zero-order valence-electron chi connectivity index (χ0n) is 10.7. The van der Waals surface area contributed by atoms with Crippen LogP contribution in [0.5, 0.6) is 0 Å². The van der Waals surface area contributed by atoms with Gasteiger partial charge >= 0.3 is 0 Å². The fourth-order valence-electron chi connectivity index (χ4n) is 1.69. The van der Waals surface area contributed by atoms with E-state index >= 15 is 0 Å². The van der Waals surface area contributed by atoms with E-state index in [9.17, 15) is 0 Å². The third-order valence-corrected chi connectivity index (χ3v) is 4.29. The van der Waals surface area contributed by atoms with E-state index in [1.807, 2.05) is 24.3 Å². The highest BCUT2D eigenvalue weighted by Gasteiger charge is 2.19. The van der Waals surface area contributed by atoms with Gasteiger partial charge in [0.15, 0.2) is 5.17 Å². The number of aliphatic imine (C=N–C) groups is 1. The molecule has 2 unspecified atom stereocenters. The first-order valence-corrected chi connectivity index (χ1v) is 7.11. The molecule has 0 radical (unpaired) electrons. The summed E-state index contributed by atoms with van der Waals surface area (Å²) >= 11 is 1.77. The number of nitrogens with zero attached hydrogens (tertiary/aromatic N) is 2. The minimum absolute atomic E-state index is 0.381. The molecule has 0 spiro atoms. The van der Waals surface area contributed by atoms with Crippen LogP contribution in [0.2, 0.25) is 0 Å². The Morgan fingerprint density at radius 1 is 1.39 bits per heavy atom. The van der Waals surface area contributed by atoms with Gasteiger partial charge in [0, 0.05) is 11.4 Å². The first-order chi connectivity index (χ1) is 8.69. The first kappa shape index (κ1) is 13.0. The maximum Gasteiger partial charge on any atom is 0.161 e.